The van der Waals surface area contributed by atoms with Crippen LogP contribution >= 0.6 is 0 Å². The van der Waals surface area contributed by atoms with Gasteiger partial charge >= 0.3 is 0 Å². The van der Waals surface area contributed by atoms with Gasteiger partial charge in [-0.05, 0) is 35.4 Å². The van der Waals surface area contributed by atoms with Crippen molar-refractivity contribution in [3.63, 3.8) is 0 Å². The minimum Gasteiger partial charge on any atom is -0.361 e. The molecule has 1 aliphatic rings. The van der Waals surface area contributed by atoms with E-state index in [0.717, 1.165) is 6.54 Å². The third-order valence-electron chi connectivity index (χ3n) is 4.26. The summed E-state index contributed by atoms with van der Waals surface area (Å²) in [6.45, 7) is 5.42. The lowest BCUT2D eigenvalue weighted by atomic mass is 10.0. The first-order valence-electron chi connectivity index (χ1n) is 5.92. The number of rotatable bonds is 2. The molecule has 3 rings (SSSR count). The van der Waals surface area contributed by atoms with Crippen molar-refractivity contribution in [1.29, 1.82) is 0 Å². The normalized spacial score (nSPS) is 27.2. The van der Waals surface area contributed by atoms with Gasteiger partial charge in [0.05, 0.1) is 0 Å². The number of H-pyrrole nitrogens is 1. The van der Waals surface area contributed by atoms with Crippen molar-refractivity contribution in [3.8, 4) is 0 Å². The average molecular weight is 214 g/mol. The number of nitrogens with one attached hydrogen (secondary N) is 1. The van der Waals surface area contributed by atoms with Crippen LogP contribution in [0.5, 0.6) is 0 Å². The van der Waals surface area contributed by atoms with Crippen LogP contribution in [-0.2, 0) is 0 Å². The van der Waals surface area contributed by atoms with Crippen LogP contribution in [0.1, 0.15) is 25.3 Å². The van der Waals surface area contributed by atoms with Crippen molar-refractivity contribution in [3.05, 3.63) is 36.0 Å². The van der Waals surface area contributed by atoms with Crippen molar-refractivity contribution < 1.29 is 0 Å². The van der Waals surface area contributed by atoms with Crippen LogP contribution < -0.4 is 5.73 Å². The Balaban J connectivity index is 2.08. The van der Waals surface area contributed by atoms with E-state index in [1.165, 1.54) is 16.5 Å². The van der Waals surface area contributed by atoms with Gasteiger partial charge in [-0.25, -0.2) is 0 Å². The van der Waals surface area contributed by atoms with Crippen LogP contribution in [0.3, 0.4) is 0 Å². The van der Waals surface area contributed by atoms with Crippen molar-refractivity contribution >= 4 is 10.9 Å². The molecule has 1 fully saturated rings. The summed E-state index contributed by atoms with van der Waals surface area (Å²) < 4.78 is 0. The van der Waals surface area contributed by atoms with E-state index in [-0.39, 0.29) is 0 Å². The lowest BCUT2D eigenvalue weighted by molar-refractivity contribution is 0.559. The maximum Gasteiger partial charge on any atom is 0.0456 e. The van der Waals surface area contributed by atoms with E-state index < -0.39 is 0 Å². The predicted molar refractivity (Wildman–Crippen MR) is 67.4 cm³/mol. The lowest BCUT2D eigenvalue weighted by Crippen LogP contribution is -2.05. The Bertz CT molecular complexity index is 524. The van der Waals surface area contributed by atoms with Crippen LogP contribution in [0, 0.1) is 11.3 Å². The van der Waals surface area contributed by atoms with Gasteiger partial charge in [0.2, 0.25) is 0 Å². The van der Waals surface area contributed by atoms with Gasteiger partial charge in [-0.15, -0.1) is 0 Å². The molecule has 2 nitrogen and oxygen atoms in total. The van der Waals surface area contributed by atoms with Gasteiger partial charge in [0.1, 0.15) is 0 Å². The number of nitrogens with two attached hydrogens (primary N) is 1. The van der Waals surface area contributed by atoms with Crippen molar-refractivity contribution in [2.24, 2.45) is 17.1 Å². The summed E-state index contributed by atoms with van der Waals surface area (Å²) in [5, 5.41) is 1.36. The van der Waals surface area contributed by atoms with Gasteiger partial charge < -0.3 is 10.7 Å². The average Bonchev–Trinajstić information content (AvgIpc) is 2.66. The molecule has 16 heavy (non-hydrogen) atoms. The fourth-order valence-electron chi connectivity index (χ4n) is 3.15. The molecule has 2 aromatic rings. The molecule has 2 heteroatoms. The van der Waals surface area contributed by atoms with Crippen LogP contribution in [0.4, 0.5) is 0 Å². The number of para-hydroxylation sites is 1. The van der Waals surface area contributed by atoms with Gasteiger partial charge in [0.15, 0.2) is 0 Å². The van der Waals surface area contributed by atoms with Crippen molar-refractivity contribution in [2.45, 2.75) is 19.8 Å². The number of benzene rings is 1. The summed E-state index contributed by atoms with van der Waals surface area (Å²) in [4.78, 5) is 3.35. The molecule has 0 saturated heterocycles. The van der Waals surface area contributed by atoms with Crippen LogP contribution in [0.2, 0.25) is 0 Å². The molecule has 1 aliphatic carbocycles. The zero-order valence-corrected chi connectivity index (χ0v) is 9.83. The van der Waals surface area contributed by atoms with E-state index in [1.807, 2.05) is 0 Å². The number of aromatic nitrogens is 1. The molecular weight excluding hydrogens is 196 g/mol. The van der Waals surface area contributed by atoms with E-state index in [1.54, 1.807) is 0 Å². The molecular formula is C14H18N2. The highest BCUT2D eigenvalue weighted by Gasteiger charge is 2.57. The fraction of sp³-hybridized carbons (Fsp3) is 0.429. The zero-order valence-electron chi connectivity index (χ0n) is 9.83. The minimum atomic E-state index is 0.361. The molecule has 0 spiro atoms. The van der Waals surface area contributed by atoms with Gasteiger partial charge in [-0.3, -0.25) is 0 Å². The second kappa shape index (κ2) is 3.11. The number of hydrogen-bond acceptors (Lipinski definition) is 1. The molecule has 0 bridgehead atoms. The monoisotopic (exact) mass is 214 g/mol. The Kier molecular flexibility index (Phi) is 1.93. The molecule has 2 atom stereocenters. The molecule has 1 aromatic carbocycles. The minimum absolute atomic E-state index is 0.361. The topological polar surface area (TPSA) is 41.8 Å². The van der Waals surface area contributed by atoms with E-state index in [2.05, 4.69) is 49.3 Å². The first-order valence-corrected chi connectivity index (χ1v) is 5.92. The van der Waals surface area contributed by atoms with Crippen molar-refractivity contribution in [2.75, 3.05) is 6.54 Å². The Morgan fingerprint density at radius 1 is 1.31 bits per heavy atom. The predicted octanol–water partition coefficient (Wildman–Crippen LogP) is 2.87. The maximum atomic E-state index is 5.84. The summed E-state index contributed by atoms with van der Waals surface area (Å²) in [6, 6.07) is 8.50. The summed E-state index contributed by atoms with van der Waals surface area (Å²) >= 11 is 0. The number of fused-ring (bicyclic) bond motifs is 1. The molecule has 1 saturated carbocycles. The van der Waals surface area contributed by atoms with Gasteiger partial charge in [0, 0.05) is 17.1 Å². The SMILES string of the molecule is CC1(C)[C@@H](CN)[C@@H]1c1c[nH]c2ccccc12. The summed E-state index contributed by atoms with van der Waals surface area (Å²) in [5.41, 5.74) is 8.87. The Hall–Kier alpha value is -1.28. The Morgan fingerprint density at radius 3 is 2.75 bits per heavy atom. The van der Waals surface area contributed by atoms with Crippen LogP contribution in [0.25, 0.3) is 10.9 Å². The van der Waals surface area contributed by atoms with E-state index >= 15 is 0 Å². The first-order chi connectivity index (χ1) is 7.66. The molecule has 1 aromatic heterocycles. The van der Waals surface area contributed by atoms with Crippen LogP contribution in [0.15, 0.2) is 30.5 Å². The van der Waals surface area contributed by atoms with E-state index in [4.69, 9.17) is 5.73 Å². The third kappa shape index (κ3) is 1.17. The zero-order chi connectivity index (χ0) is 11.3. The van der Waals surface area contributed by atoms with E-state index in [0.29, 0.717) is 17.3 Å². The smallest absolute Gasteiger partial charge is 0.0456 e. The molecule has 0 radical (unpaired) electrons. The highest BCUT2D eigenvalue weighted by Crippen LogP contribution is 2.64. The Morgan fingerprint density at radius 2 is 2.06 bits per heavy atom. The largest absolute Gasteiger partial charge is 0.361 e. The second-order valence-electron chi connectivity index (χ2n) is 5.43. The van der Waals surface area contributed by atoms with Crippen LogP contribution in [-0.4, -0.2) is 11.5 Å². The van der Waals surface area contributed by atoms with Crippen molar-refractivity contribution in [1.82, 2.24) is 4.98 Å². The van der Waals surface area contributed by atoms with Gasteiger partial charge in [-0.1, -0.05) is 32.0 Å². The molecule has 84 valence electrons. The highest BCUT2D eigenvalue weighted by molar-refractivity contribution is 5.84. The summed E-state index contributed by atoms with van der Waals surface area (Å²) in [6.07, 6.45) is 2.16. The Labute approximate surface area is 95.8 Å². The highest BCUT2D eigenvalue weighted by atomic mass is 14.7. The van der Waals surface area contributed by atoms with Gasteiger partial charge in [-0.2, -0.15) is 0 Å². The van der Waals surface area contributed by atoms with E-state index in [9.17, 15) is 0 Å². The molecule has 0 unspecified atom stereocenters. The lowest BCUT2D eigenvalue weighted by Gasteiger charge is -2.01. The standard InChI is InChI=1S/C14H18N2/c1-14(2)11(7-15)13(14)10-8-16-12-6-4-3-5-9(10)12/h3-6,8,11,13,16H,7,15H2,1-2H3/t11-,13-/m0/s1. The fourth-order valence-corrected chi connectivity index (χ4v) is 3.15. The summed E-state index contributed by atoms with van der Waals surface area (Å²) in [7, 11) is 0. The van der Waals surface area contributed by atoms with Gasteiger partial charge in [0.25, 0.3) is 0 Å². The molecule has 0 amide bonds. The third-order valence-corrected chi connectivity index (χ3v) is 4.26. The summed E-state index contributed by atoms with van der Waals surface area (Å²) in [5.74, 6) is 1.25. The first kappa shape index (κ1) is 9.91. The second-order valence-corrected chi connectivity index (χ2v) is 5.43. The number of hydrogen-bond donors (Lipinski definition) is 2. The molecule has 1 heterocycles. The quantitative estimate of drug-likeness (QED) is 0.793. The number of aromatic amines is 1. The molecule has 3 N–H and O–H groups in total. The maximum absolute atomic E-state index is 5.84. The molecule has 0 aliphatic heterocycles.